The van der Waals surface area contributed by atoms with Crippen molar-refractivity contribution in [1.29, 1.82) is 0 Å². The Balaban J connectivity index is 2.49. The van der Waals surface area contributed by atoms with E-state index in [2.05, 4.69) is 0 Å². The summed E-state index contributed by atoms with van der Waals surface area (Å²) >= 11 is 0. The predicted octanol–water partition coefficient (Wildman–Crippen LogP) is 1.15. The summed E-state index contributed by atoms with van der Waals surface area (Å²) in [6, 6.07) is 3.29. The summed E-state index contributed by atoms with van der Waals surface area (Å²) in [5.74, 6) is -3.61. The van der Waals surface area contributed by atoms with E-state index in [1.807, 2.05) is 0 Å². The highest BCUT2D eigenvalue weighted by molar-refractivity contribution is 5.75. The van der Waals surface area contributed by atoms with Crippen molar-refractivity contribution < 1.29 is 47.9 Å². The molecule has 1 aromatic carbocycles. The summed E-state index contributed by atoms with van der Waals surface area (Å²) in [5, 5.41) is 22.3. The van der Waals surface area contributed by atoms with Crippen molar-refractivity contribution in [2.24, 2.45) is 5.92 Å². The number of esters is 3. The average molecular weight is 470 g/mol. The molecule has 0 aliphatic carbocycles. The van der Waals surface area contributed by atoms with Gasteiger partial charge in [-0.15, -0.1) is 0 Å². The monoisotopic (exact) mass is 470 g/mol. The Morgan fingerprint density at radius 2 is 1.67 bits per heavy atom. The molecule has 0 saturated carbocycles. The van der Waals surface area contributed by atoms with E-state index >= 15 is 0 Å². The van der Waals surface area contributed by atoms with Crippen LogP contribution in [0.5, 0.6) is 5.75 Å². The fourth-order valence-corrected chi connectivity index (χ4v) is 3.31. The highest BCUT2D eigenvalue weighted by Crippen LogP contribution is 2.36. The van der Waals surface area contributed by atoms with Crippen LogP contribution >= 0.6 is 0 Å². The minimum atomic E-state index is -1.63. The zero-order valence-corrected chi connectivity index (χ0v) is 18.1. The van der Waals surface area contributed by atoms with Gasteiger partial charge in [0.2, 0.25) is 18.9 Å². The molecule has 14 nitrogen and oxygen atoms in total. The number of hydrogen-bond acceptors (Lipinski definition) is 12. The molecule has 0 bridgehead atoms. The third-order valence-electron chi connectivity index (χ3n) is 4.68. The van der Waals surface area contributed by atoms with E-state index in [-0.39, 0.29) is 11.3 Å². The minimum Gasteiger partial charge on any atom is -0.467 e. The number of nitro benzene ring substituents is 1. The molecule has 1 heterocycles. The van der Waals surface area contributed by atoms with Gasteiger partial charge in [-0.05, 0) is 12.1 Å². The largest absolute Gasteiger partial charge is 0.467 e. The quantitative estimate of drug-likeness (QED) is 0.229. The highest BCUT2D eigenvalue weighted by atomic mass is 16.7. The van der Waals surface area contributed by atoms with Crippen molar-refractivity contribution in [3.8, 4) is 5.75 Å². The molecule has 1 saturated heterocycles. The number of carbonyl (C=O) groups excluding carboxylic acids is 3. The van der Waals surface area contributed by atoms with Gasteiger partial charge in [-0.3, -0.25) is 29.8 Å². The van der Waals surface area contributed by atoms with Gasteiger partial charge >= 0.3 is 23.6 Å². The normalized spacial score (nSPS) is 24.3. The maximum atomic E-state index is 12.2. The molecule has 0 radical (unpaired) electrons. The number of hydrogen-bond donors (Lipinski definition) is 0. The first kappa shape index (κ1) is 25.5. The van der Waals surface area contributed by atoms with Crippen LogP contribution in [0.2, 0.25) is 0 Å². The molecule has 0 spiro atoms. The molecule has 1 aliphatic rings. The molecule has 180 valence electrons. The lowest BCUT2D eigenvalue weighted by Crippen LogP contribution is -2.60. The third kappa shape index (κ3) is 6.35. The number of nitro groups is 2. The summed E-state index contributed by atoms with van der Waals surface area (Å²) < 4.78 is 26.4. The van der Waals surface area contributed by atoms with E-state index in [1.54, 1.807) is 0 Å². The fourth-order valence-electron chi connectivity index (χ4n) is 3.31. The first-order valence-electron chi connectivity index (χ1n) is 9.58. The molecule has 1 aromatic rings. The number of methoxy groups -OCH3 is 1. The Morgan fingerprint density at radius 3 is 2.18 bits per heavy atom. The third-order valence-corrected chi connectivity index (χ3v) is 4.68. The molecule has 2 rings (SSSR count). The van der Waals surface area contributed by atoms with E-state index in [4.69, 9.17) is 23.7 Å². The van der Waals surface area contributed by atoms with Crippen LogP contribution in [-0.4, -0.2) is 59.5 Å². The lowest BCUT2D eigenvalue weighted by molar-refractivity contribution is -0.496. The van der Waals surface area contributed by atoms with Crippen molar-refractivity contribution in [3.63, 3.8) is 0 Å². The Bertz CT molecular complexity index is 949. The molecule has 1 aliphatic heterocycles. The molecular weight excluding hydrogens is 448 g/mol. The van der Waals surface area contributed by atoms with Gasteiger partial charge in [0.05, 0.1) is 12.0 Å². The van der Waals surface area contributed by atoms with Crippen molar-refractivity contribution in [1.82, 2.24) is 0 Å². The van der Waals surface area contributed by atoms with Gasteiger partial charge in [-0.25, -0.2) is 4.79 Å². The van der Waals surface area contributed by atoms with Crippen molar-refractivity contribution in [3.05, 3.63) is 44.0 Å². The summed E-state index contributed by atoms with van der Waals surface area (Å²) in [6.07, 6.45) is -5.58. The van der Waals surface area contributed by atoms with Crippen LogP contribution in [0, 0.1) is 26.1 Å². The number of benzene rings is 1. The second kappa shape index (κ2) is 10.7. The molecule has 0 amide bonds. The van der Waals surface area contributed by atoms with Crippen molar-refractivity contribution in [2.45, 2.75) is 51.9 Å². The molecular formula is C19H22N2O12. The molecule has 33 heavy (non-hydrogen) atoms. The van der Waals surface area contributed by atoms with Gasteiger partial charge in [0.1, 0.15) is 0 Å². The van der Waals surface area contributed by atoms with E-state index in [1.165, 1.54) is 13.0 Å². The molecule has 14 heteroatoms. The molecule has 0 unspecified atom stereocenters. The van der Waals surface area contributed by atoms with Crippen LogP contribution in [0.3, 0.4) is 0 Å². The zero-order valence-electron chi connectivity index (χ0n) is 18.1. The standard InChI is InChI=1S/C19H22N2O12/c1-9-15(30-10(2)22)17(31-11(3)23)19(33-16(9)18(24)29-4)32-14-6-5-12(8-20(25)26)7-13(14)21(27)28/h5-7,9,15-17,19H,8H2,1-4H3/t9-,15-,16-,17+,19+/m0/s1. The summed E-state index contributed by atoms with van der Waals surface area (Å²) in [4.78, 5) is 56.4. The van der Waals surface area contributed by atoms with Gasteiger partial charge in [0.25, 0.3) is 0 Å². The zero-order chi connectivity index (χ0) is 24.9. The Kier molecular flexibility index (Phi) is 8.23. The van der Waals surface area contributed by atoms with Crippen LogP contribution < -0.4 is 4.74 Å². The first-order chi connectivity index (χ1) is 15.4. The predicted molar refractivity (Wildman–Crippen MR) is 105 cm³/mol. The Morgan fingerprint density at radius 1 is 1.06 bits per heavy atom. The van der Waals surface area contributed by atoms with Crippen molar-refractivity contribution in [2.75, 3.05) is 7.11 Å². The average Bonchev–Trinajstić information content (AvgIpc) is 2.71. The van der Waals surface area contributed by atoms with Gasteiger partial charge < -0.3 is 23.7 Å². The van der Waals surface area contributed by atoms with Crippen LogP contribution in [0.25, 0.3) is 0 Å². The number of rotatable bonds is 8. The topological polar surface area (TPSA) is 184 Å². The first-order valence-corrected chi connectivity index (χ1v) is 9.58. The fraction of sp³-hybridized carbons (Fsp3) is 0.526. The van der Waals surface area contributed by atoms with Gasteiger partial charge in [-0.2, -0.15) is 0 Å². The molecule has 0 aromatic heterocycles. The van der Waals surface area contributed by atoms with Crippen LogP contribution in [0.4, 0.5) is 5.69 Å². The Hall–Kier alpha value is -3.81. The molecule has 0 N–H and O–H groups in total. The van der Waals surface area contributed by atoms with E-state index < -0.39 is 70.5 Å². The smallest absolute Gasteiger partial charge is 0.335 e. The van der Waals surface area contributed by atoms with Gasteiger partial charge in [-0.1, -0.05) is 6.92 Å². The number of carbonyl (C=O) groups is 3. The van der Waals surface area contributed by atoms with Crippen LogP contribution in [0.1, 0.15) is 26.3 Å². The van der Waals surface area contributed by atoms with E-state index in [0.29, 0.717) is 0 Å². The maximum absolute atomic E-state index is 12.2. The molecule has 1 fully saturated rings. The summed E-state index contributed by atoms with van der Waals surface area (Å²) in [7, 11) is 1.10. The molecule has 5 atom stereocenters. The number of nitrogens with zero attached hydrogens (tertiary/aromatic N) is 2. The van der Waals surface area contributed by atoms with Crippen LogP contribution in [-0.2, 0) is 39.9 Å². The van der Waals surface area contributed by atoms with Crippen molar-refractivity contribution >= 4 is 23.6 Å². The lowest BCUT2D eigenvalue weighted by atomic mass is 9.90. The van der Waals surface area contributed by atoms with Gasteiger partial charge in [0.15, 0.2) is 18.0 Å². The summed E-state index contributed by atoms with van der Waals surface area (Å²) in [5.41, 5.74) is -0.587. The lowest BCUT2D eigenvalue weighted by Gasteiger charge is -2.42. The Labute approximate surface area is 187 Å². The second-order valence-electron chi connectivity index (χ2n) is 7.12. The second-order valence-corrected chi connectivity index (χ2v) is 7.12. The maximum Gasteiger partial charge on any atom is 0.335 e. The highest BCUT2D eigenvalue weighted by Gasteiger charge is 2.52. The SMILES string of the molecule is COC(=O)[C@H]1O[C@@H](Oc2ccc(C[N+](=O)[O-])cc2[N+](=O)[O-])[C@H](OC(C)=O)[C@@H](OC(C)=O)[C@@H]1C. The van der Waals surface area contributed by atoms with E-state index in [0.717, 1.165) is 33.1 Å². The van der Waals surface area contributed by atoms with E-state index in [9.17, 15) is 34.6 Å². The number of ether oxygens (including phenoxy) is 5. The van der Waals surface area contributed by atoms with Crippen LogP contribution in [0.15, 0.2) is 18.2 Å². The van der Waals surface area contributed by atoms with Gasteiger partial charge in [0, 0.05) is 36.3 Å². The minimum absolute atomic E-state index is 0.0407. The summed E-state index contributed by atoms with van der Waals surface area (Å²) in [6.45, 7) is 3.02.